The second-order valence-electron chi connectivity index (χ2n) is 7.88. The maximum Gasteiger partial charge on any atom is 0.253 e. The molecule has 2 heterocycles. The number of fused-ring (bicyclic) bond motifs is 1. The summed E-state index contributed by atoms with van der Waals surface area (Å²) in [6.07, 6.45) is 2.27. The van der Waals surface area contributed by atoms with Gasteiger partial charge in [0.15, 0.2) is 0 Å². The van der Waals surface area contributed by atoms with Crippen LogP contribution in [-0.2, 0) is 10.0 Å². The highest BCUT2D eigenvalue weighted by Crippen LogP contribution is 2.23. The van der Waals surface area contributed by atoms with E-state index in [2.05, 4.69) is 9.62 Å². The van der Waals surface area contributed by atoms with E-state index in [9.17, 15) is 18.3 Å². The quantitative estimate of drug-likeness (QED) is 0.728. The second kappa shape index (κ2) is 8.85. The monoisotopic (exact) mass is 429 g/mol. The first-order chi connectivity index (χ1) is 14.5. The van der Waals surface area contributed by atoms with Gasteiger partial charge >= 0.3 is 0 Å². The number of aliphatic hydroxyl groups is 1. The van der Waals surface area contributed by atoms with Crippen molar-refractivity contribution in [1.29, 1.82) is 0 Å². The van der Waals surface area contributed by atoms with E-state index in [4.69, 9.17) is 0 Å². The van der Waals surface area contributed by atoms with E-state index in [1.54, 1.807) is 36.4 Å². The van der Waals surface area contributed by atoms with Gasteiger partial charge in [-0.25, -0.2) is 13.1 Å². The Labute approximate surface area is 177 Å². The lowest BCUT2D eigenvalue weighted by molar-refractivity contribution is 0.0571. The number of carbonyl (C=O) groups is 1. The topological polar surface area (TPSA) is 89.9 Å². The first kappa shape index (κ1) is 21.0. The van der Waals surface area contributed by atoms with Gasteiger partial charge in [-0.1, -0.05) is 36.4 Å². The largest absolute Gasteiger partial charge is 0.394 e. The van der Waals surface area contributed by atoms with Gasteiger partial charge in [0, 0.05) is 31.2 Å². The number of benzene rings is 2. The fraction of sp³-hybridized carbons (Fsp3) is 0.409. The van der Waals surface area contributed by atoms with Gasteiger partial charge in [0.2, 0.25) is 10.0 Å². The molecule has 0 bridgehead atoms. The Morgan fingerprint density at radius 2 is 1.90 bits per heavy atom. The average molecular weight is 430 g/mol. The van der Waals surface area contributed by atoms with Crippen molar-refractivity contribution in [2.45, 2.75) is 29.8 Å². The average Bonchev–Trinajstić information content (AvgIpc) is 3.25. The van der Waals surface area contributed by atoms with Gasteiger partial charge in [-0.15, -0.1) is 0 Å². The highest BCUT2D eigenvalue weighted by atomic mass is 32.2. The summed E-state index contributed by atoms with van der Waals surface area (Å²) in [4.78, 5) is 17.3. The Morgan fingerprint density at radius 3 is 2.67 bits per heavy atom. The third kappa shape index (κ3) is 4.41. The molecule has 2 aromatic carbocycles. The SMILES string of the molecule is O=C(c1cccc(S(=O)(=O)N[C@H](CO)c2ccccc2)c1)N1CCN2CCC[C@@H]2C1. The maximum absolute atomic E-state index is 13.0. The Balaban J connectivity index is 1.51. The lowest BCUT2D eigenvalue weighted by atomic mass is 10.1. The van der Waals surface area contributed by atoms with Crippen molar-refractivity contribution in [3.05, 3.63) is 65.7 Å². The molecule has 0 aliphatic carbocycles. The van der Waals surface area contributed by atoms with Gasteiger partial charge < -0.3 is 10.0 Å². The Bertz CT molecular complexity index is 996. The Kier molecular flexibility index (Phi) is 6.19. The molecule has 0 aromatic heterocycles. The van der Waals surface area contributed by atoms with Gasteiger partial charge in [0.05, 0.1) is 17.5 Å². The summed E-state index contributed by atoms with van der Waals surface area (Å²) in [6.45, 7) is 2.94. The summed E-state index contributed by atoms with van der Waals surface area (Å²) in [7, 11) is -3.91. The molecule has 0 saturated carbocycles. The number of piperazine rings is 1. The fourth-order valence-electron chi connectivity index (χ4n) is 4.31. The minimum atomic E-state index is -3.91. The van der Waals surface area contributed by atoms with E-state index in [0.717, 1.165) is 19.5 Å². The summed E-state index contributed by atoms with van der Waals surface area (Å²) < 4.78 is 28.4. The zero-order chi connectivity index (χ0) is 21.1. The maximum atomic E-state index is 13.0. The van der Waals surface area contributed by atoms with Crippen LogP contribution in [0.4, 0.5) is 0 Å². The molecule has 2 N–H and O–H groups in total. The molecule has 30 heavy (non-hydrogen) atoms. The van der Waals surface area contributed by atoms with Crippen molar-refractivity contribution in [1.82, 2.24) is 14.5 Å². The van der Waals surface area contributed by atoms with E-state index in [1.807, 2.05) is 11.0 Å². The lowest BCUT2D eigenvalue weighted by Crippen LogP contribution is -2.52. The highest BCUT2D eigenvalue weighted by molar-refractivity contribution is 7.89. The third-order valence-corrected chi connectivity index (χ3v) is 7.42. The fourth-order valence-corrected chi connectivity index (χ4v) is 5.57. The molecule has 2 saturated heterocycles. The van der Waals surface area contributed by atoms with Crippen LogP contribution in [0.5, 0.6) is 0 Å². The molecule has 4 rings (SSSR count). The predicted octanol–water partition coefficient (Wildman–Crippen LogP) is 1.62. The van der Waals surface area contributed by atoms with Crippen LogP contribution in [0.15, 0.2) is 59.5 Å². The second-order valence-corrected chi connectivity index (χ2v) is 9.59. The molecule has 2 aromatic rings. The molecule has 0 unspecified atom stereocenters. The van der Waals surface area contributed by atoms with E-state index >= 15 is 0 Å². The first-order valence-corrected chi connectivity index (χ1v) is 11.8. The molecular weight excluding hydrogens is 402 g/mol. The minimum Gasteiger partial charge on any atom is -0.394 e. The molecule has 2 fully saturated rings. The van der Waals surface area contributed by atoms with Crippen molar-refractivity contribution in [3.63, 3.8) is 0 Å². The number of aliphatic hydroxyl groups excluding tert-OH is 1. The number of rotatable bonds is 6. The van der Waals surface area contributed by atoms with Gasteiger partial charge in [0.1, 0.15) is 0 Å². The molecule has 7 nitrogen and oxygen atoms in total. The zero-order valence-corrected chi connectivity index (χ0v) is 17.6. The number of hydrogen-bond acceptors (Lipinski definition) is 5. The molecule has 160 valence electrons. The van der Waals surface area contributed by atoms with Gasteiger partial charge in [-0.3, -0.25) is 9.69 Å². The van der Waals surface area contributed by atoms with Crippen LogP contribution in [-0.4, -0.2) is 68.1 Å². The number of nitrogens with zero attached hydrogens (tertiary/aromatic N) is 2. The molecule has 8 heteroatoms. The van der Waals surface area contributed by atoms with Crippen LogP contribution in [0.1, 0.15) is 34.8 Å². The number of carbonyl (C=O) groups excluding carboxylic acids is 1. The van der Waals surface area contributed by atoms with Crippen LogP contribution < -0.4 is 4.72 Å². The molecule has 2 aliphatic heterocycles. The van der Waals surface area contributed by atoms with Crippen molar-refractivity contribution >= 4 is 15.9 Å². The predicted molar refractivity (Wildman–Crippen MR) is 114 cm³/mol. The van der Waals surface area contributed by atoms with Crippen LogP contribution >= 0.6 is 0 Å². The van der Waals surface area contributed by atoms with Crippen molar-refractivity contribution in [3.8, 4) is 0 Å². The van der Waals surface area contributed by atoms with Crippen molar-refractivity contribution in [2.24, 2.45) is 0 Å². The van der Waals surface area contributed by atoms with Crippen LogP contribution in [0, 0.1) is 0 Å². The molecule has 2 aliphatic rings. The first-order valence-electron chi connectivity index (χ1n) is 10.3. The Hall–Kier alpha value is -2.26. The standard InChI is InChI=1S/C22H27N3O4S/c26-16-21(17-6-2-1-3-7-17)23-30(28,29)20-10-4-8-18(14-20)22(27)25-13-12-24-11-5-9-19(24)15-25/h1-4,6-8,10,14,19,21,23,26H,5,9,11-13,15-16H2/t19-,21-/m1/s1. The van der Waals surface area contributed by atoms with E-state index < -0.39 is 16.1 Å². The van der Waals surface area contributed by atoms with E-state index in [1.165, 1.54) is 18.6 Å². The summed E-state index contributed by atoms with van der Waals surface area (Å²) in [5, 5.41) is 9.69. The summed E-state index contributed by atoms with van der Waals surface area (Å²) in [5.74, 6) is -0.139. The molecule has 1 amide bonds. The zero-order valence-electron chi connectivity index (χ0n) is 16.8. The molecular formula is C22H27N3O4S. The lowest BCUT2D eigenvalue weighted by Gasteiger charge is -2.37. The van der Waals surface area contributed by atoms with Gasteiger partial charge in [-0.2, -0.15) is 0 Å². The van der Waals surface area contributed by atoms with Crippen molar-refractivity contribution < 1.29 is 18.3 Å². The van der Waals surface area contributed by atoms with Gasteiger partial charge in [0.25, 0.3) is 5.91 Å². The molecule has 0 spiro atoms. The summed E-state index contributed by atoms with van der Waals surface area (Å²) >= 11 is 0. The summed E-state index contributed by atoms with van der Waals surface area (Å²) in [6, 6.07) is 14.7. The van der Waals surface area contributed by atoms with Crippen LogP contribution in [0.25, 0.3) is 0 Å². The van der Waals surface area contributed by atoms with Crippen LogP contribution in [0.2, 0.25) is 0 Å². The summed E-state index contributed by atoms with van der Waals surface area (Å²) in [5.41, 5.74) is 1.04. The minimum absolute atomic E-state index is 0.0160. The number of nitrogens with one attached hydrogen (secondary N) is 1. The Morgan fingerprint density at radius 1 is 1.10 bits per heavy atom. The third-order valence-electron chi connectivity index (χ3n) is 5.95. The molecule has 0 radical (unpaired) electrons. The smallest absolute Gasteiger partial charge is 0.253 e. The van der Waals surface area contributed by atoms with Crippen molar-refractivity contribution in [2.75, 3.05) is 32.8 Å². The number of amides is 1. The normalized spacial score (nSPS) is 20.7. The number of hydrogen-bond donors (Lipinski definition) is 2. The highest BCUT2D eigenvalue weighted by Gasteiger charge is 2.33. The van der Waals surface area contributed by atoms with E-state index in [-0.39, 0.29) is 17.4 Å². The van der Waals surface area contributed by atoms with E-state index in [0.29, 0.717) is 30.3 Å². The van der Waals surface area contributed by atoms with Gasteiger partial charge in [-0.05, 0) is 43.1 Å². The van der Waals surface area contributed by atoms with Crippen LogP contribution in [0.3, 0.4) is 0 Å². The molecule has 2 atom stereocenters. The number of sulfonamides is 1.